The summed E-state index contributed by atoms with van der Waals surface area (Å²) in [6, 6.07) is 9.63. The first-order valence-corrected chi connectivity index (χ1v) is 7.29. The number of anilines is 1. The number of benzene rings is 2. The van der Waals surface area contributed by atoms with Crippen molar-refractivity contribution in [2.24, 2.45) is 0 Å². The van der Waals surface area contributed by atoms with Crippen molar-refractivity contribution in [2.75, 3.05) is 12.1 Å². The van der Waals surface area contributed by atoms with Gasteiger partial charge in [-0.3, -0.25) is 4.90 Å². The van der Waals surface area contributed by atoms with E-state index in [1.807, 2.05) is 6.07 Å². The van der Waals surface area contributed by atoms with E-state index in [4.69, 9.17) is 9.47 Å². The first kappa shape index (κ1) is 16.6. The molecule has 2 aromatic carbocycles. The summed E-state index contributed by atoms with van der Waals surface area (Å²) in [4.78, 5) is 13.7. The first-order chi connectivity index (χ1) is 12.0. The van der Waals surface area contributed by atoms with Crippen LogP contribution in [0.15, 0.2) is 54.6 Å². The second-order valence-corrected chi connectivity index (χ2v) is 5.17. The lowest BCUT2D eigenvalue weighted by Gasteiger charge is -2.22. The van der Waals surface area contributed by atoms with E-state index in [0.29, 0.717) is 6.07 Å². The smallest absolute Gasteiger partial charge is 0.329 e. The molecule has 130 valence electrons. The molecule has 0 aromatic heterocycles. The van der Waals surface area contributed by atoms with Gasteiger partial charge in [0, 0.05) is 12.1 Å². The Morgan fingerprint density at radius 2 is 2.00 bits per heavy atom. The van der Waals surface area contributed by atoms with Gasteiger partial charge in [0.2, 0.25) is 12.7 Å². The summed E-state index contributed by atoms with van der Waals surface area (Å²) in [6.07, 6.45) is 1.26. The number of carbonyl (C=O) groups excluding carboxylic acids is 1. The standard InChI is InChI=1S/C17H14F2N2O4/c18-12-6-13(19)16(22)14(7-12)20-17(23)21(15-9-24-10-25-15)8-11-4-2-1-3-5-11/h1-7,9,22H,8,10H2,(H,20,23). The Kier molecular flexibility index (Phi) is 4.69. The van der Waals surface area contributed by atoms with Crippen molar-refractivity contribution in [3.8, 4) is 5.75 Å². The second kappa shape index (κ2) is 7.08. The van der Waals surface area contributed by atoms with Crippen LogP contribution < -0.4 is 5.32 Å². The predicted molar refractivity (Wildman–Crippen MR) is 84.1 cm³/mol. The maximum Gasteiger partial charge on any atom is 0.329 e. The van der Waals surface area contributed by atoms with Gasteiger partial charge in [-0.15, -0.1) is 0 Å². The molecule has 0 saturated heterocycles. The third-order valence-corrected chi connectivity index (χ3v) is 3.42. The zero-order chi connectivity index (χ0) is 17.8. The van der Waals surface area contributed by atoms with Gasteiger partial charge in [0.05, 0.1) is 12.2 Å². The van der Waals surface area contributed by atoms with E-state index in [2.05, 4.69) is 5.32 Å². The van der Waals surface area contributed by atoms with E-state index in [1.54, 1.807) is 24.3 Å². The molecule has 1 heterocycles. The zero-order valence-corrected chi connectivity index (χ0v) is 12.9. The summed E-state index contributed by atoms with van der Waals surface area (Å²) >= 11 is 0. The Hall–Kier alpha value is -3.29. The van der Waals surface area contributed by atoms with E-state index in [-0.39, 0.29) is 24.9 Å². The largest absolute Gasteiger partial charge is 0.503 e. The van der Waals surface area contributed by atoms with Crippen LogP contribution >= 0.6 is 0 Å². The number of halogens is 2. The Balaban J connectivity index is 1.84. The molecule has 25 heavy (non-hydrogen) atoms. The molecule has 1 aliphatic heterocycles. The molecule has 0 aliphatic carbocycles. The van der Waals surface area contributed by atoms with Gasteiger partial charge in [-0.1, -0.05) is 30.3 Å². The average molecular weight is 348 g/mol. The third kappa shape index (κ3) is 3.79. The lowest BCUT2D eigenvalue weighted by molar-refractivity contribution is 0.0554. The first-order valence-electron chi connectivity index (χ1n) is 7.29. The number of carbonyl (C=O) groups is 1. The fourth-order valence-corrected chi connectivity index (χ4v) is 2.24. The van der Waals surface area contributed by atoms with Gasteiger partial charge in [0.25, 0.3) is 0 Å². The summed E-state index contributed by atoms with van der Waals surface area (Å²) in [6.45, 7) is 0.0776. The van der Waals surface area contributed by atoms with Crippen molar-refractivity contribution in [1.29, 1.82) is 0 Å². The highest BCUT2D eigenvalue weighted by Gasteiger charge is 2.24. The maximum absolute atomic E-state index is 13.4. The van der Waals surface area contributed by atoms with Crippen LogP contribution in [0.25, 0.3) is 0 Å². The summed E-state index contributed by atoms with van der Waals surface area (Å²) in [5.41, 5.74) is 0.406. The quantitative estimate of drug-likeness (QED) is 0.830. The monoisotopic (exact) mass is 348 g/mol. The minimum atomic E-state index is -1.18. The fraction of sp³-hybridized carbons (Fsp3) is 0.118. The van der Waals surface area contributed by atoms with Crippen molar-refractivity contribution in [2.45, 2.75) is 6.54 Å². The number of nitrogens with zero attached hydrogens (tertiary/aromatic N) is 1. The summed E-state index contributed by atoms with van der Waals surface area (Å²) in [5, 5.41) is 11.9. The molecule has 0 radical (unpaired) electrons. The molecule has 2 aromatic rings. The number of hydrogen-bond acceptors (Lipinski definition) is 4. The molecular weight excluding hydrogens is 334 g/mol. The van der Waals surface area contributed by atoms with E-state index in [0.717, 1.165) is 11.6 Å². The van der Waals surface area contributed by atoms with Crippen molar-refractivity contribution in [1.82, 2.24) is 4.90 Å². The molecule has 0 atom stereocenters. The molecule has 0 fully saturated rings. The van der Waals surface area contributed by atoms with Crippen LogP contribution in [0, 0.1) is 11.6 Å². The second-order valence-electron chi connectivity index (χ2n) is 5.17. The van der Waals surface area contributed by atoms with Gasteiger partial charge >= 0.3 is 6.03 Å². The SMILES string of the molecule is O=C(Nc1cc(F)cc(F)c1O)N(Cc1ccccc1)C1=COCO1. The minimum Gasteiger partial charge on any atom is -0.503 e. The van der Waals surface area contributed by atoms with Crippen LogP contribution in [0.4, 0.5) is 19.3 Å². The van der Waals surface area contributed by atoms with Gasteiger partial charge in [-0.25, -0.2) is 13.6 Å². The Morgan fingerprint density at radius 3 is 2.68 bits per heavy atom. The Morgan fingerprint density at radius 1 is 1.24 bits per heavy atom. The van der Waals surface area contributed by atoms with Crippen LogP contribution in [0.2, 0.25) is 0 Å². The topological polar surface area (TPSA) is 71.0 Å². The number of hydrogen-bond donors (Lipinski definition) is 2. The van der Waals surface area contributed by atoms with Gasteiger partial charge in [0.1, 0.15) is 12.1 Å². The zero-order valence-electron chi connectivity index (χ0n) is 12.9. The average Bonchev–Trinajstić information content (AvgIpc) is 3.12. The summed E-state index contributed by atoms with van der Waals surface area (Å²) in [7, 11) is 0. The molecule has 0 bridgehead atoms. The van der Waals surface area contributed by atoms with Crippen LogP contribution in [0.3, 0.4) is 0 Å². The molecule has 1 aliphatic rings. The normalized spacial score (nSPS) is 12.8. The highest BCUT2D eigenvalue weighted by molar-refractivity contribution is 5.91. The number of phenols is 1. The number of rotatable bonds is 4. The molecule has 3 rings (SSSR count). The maximum atomic E-state index is 13.4. The van der Waals surface area contributed by atoms with Gasteiger partial charge in [-0.2, -0.15) is 0 Å². The third-order valence-electron chi connectivity index (χ3n) is 3.42. The number of urea groups is 1. The van der Waals surface area contributed by atoms with Gasteiger partial charge < -0.3 is 19.9 Å². The molecule has 8 heteroatoms. The summed E-state index contributed by atoms with van der Waals surface area (Å²) < 4.78 is 36.9. The number of phenolic OH excluding ortho intramolecular Hbond substituents is 1. The Labute approximate surface area is 141 Å². The van der Waals surface area contributed by atoms with Crippen LogP contribution in [0.1, 0.15) is 5.56 Å². The number of aromatic hydroxyl groups is 1. The van der Waals surface area contributed by atoms with Crippen molar-refractivity contribution < 1.29 is 28.2 Å². The molecule has 2 amide bonds. The van der Waals surface area contributed by atoms with E-state index in [1.165, 1.54) is 11.2 Å². The lowest BCUT2D eigenvalue weighted by Crippen LogP contribution is -2.34. The minimum absolute atomic E-state index is 0.0479. The Bertz CT molecular complexity index is 812. The molecule has 6 nitrogen and oxygen atoms in total. The molecule has 0 unspecified atom stereocenters. The number of nitrogens with one attached hydrogen (secondary N) is 1. The molecule has 2 N–H and O–H groups in total. The molecule has 0 spiro atoms. The van der Waals surface area contributed by atoms with E-state index in [9.17, 15) is 18.7 Å². The van der Waals surface area contributed by atoms with Crippen LogP contribution in [-0.4, -0.2) is 22.8 Å². The van der Waals surface area contributed by atoms with Crippen LogP contribution in [-0.2, 0) is 16.0 Å². The highest BCUT2D eigenvalue weighted by atomic mass is 19.1. The van der Waals surface area contributed by atoms with Crippen LogP contribution in [0.5, 0.6) is 5.75 Å². The van der Waals surface area contributed by atoms with Crippen molar-refractivity contribution >= 4 is 11.7 Å². The lowest BCUT2D eigenvalue weighted by atomic mass is 10.2. The van der Waals surface area contributed by atoms with E-state index >= 15 is 0 Å². The van der Waals surface area contributed by atoms with Gasteiger partial charge in [-0.05, 0) is 5.56 Å². The highest BCUT2D eigenvalue weighted by Crippen LogP contribution is 2.28. The van der Waals surface area contributed by atoms with Gasteiger partial charge in [0.15, 0.2) is 11.6 Å². The molecule has 0 saturated carbocycles. The predicted octanol–water partition coefficient (Wildman–Crippen LogP) is 3.51. The van der Waals surface area contributed by atoms with Crippen molar-refractivity contribution in [3.05, 3.63) is 71.8 Å². The van der Waals surface area contributed by atoms with E-state index < -0.39 is 23.4 Å². The number of ether oxygens (including phenoxy) is 2. The van der Waals surface area contributed by atoms with Crippen molar-refractivity contribution in [3.63, 3.8) is 0 Å². The fourth-order valence-electron chi connectivity index (χ4n) is 2.24. The number of amides is 2. The molecular formula is C17H14F2N2O4. The summed E-state index contributed by atoms with van der Waals surface area (Å²) in [5.74, 6) is -2.82.